The molecule has 4 rings (SSSR count). The van der Waals surface area contributed by atoms with Gasteiger partial charge in [-0.15, -0.1) is 0 Å². The van der Waals surface area contributed by atoms with Crippen LogP contribution in [0.1, 0.15) is 44.6 Å². The van der Waals surface area contributed by atoms with E-state index in [9.17, 15) is 4.79 Å². The largest absolute Gasteiger partial charge is 0.359 e. The van der Waals surface area contributed by atoms with Crippen LogP contribution in [-0.2, 0) is 4.79 Å². The van der Waals surface area contributed by atoms with Crippen LogP contribution in [0.4, 0.5) is 5.82 Å². The van der Waals surface area contributed by atoms with Gasteiger partial charge in [0.15, 0.2) is 0 Å². The van der Waals surface area contributed by atoms with Gasteiger partial charge in [0.2, 0.25) is 5.91 Å². The molecule has 1 aliphatic carbocycles. The van der Waals surface area contributed by atoms with Gasteiger partial charge in [-0.2, -0.15) is 0 Å². The molecule has 1 aromatic heterocycles. The summed E-state index contributed by atoms with van der Waals surface area (Å²) in [7, 11) is 2.14. The molecule has 5 heteroatoms. The molecule has 1 saturated carbocycles. The Morgan fingerprint density at radius 1 is 1.24 bits per heavy atom. The Morgan fingerprint density at radius 3 is 2.59 bits per heavy atom. The van der Waals surface area contributed by atoms with Crippen molar-refractivity contribution < 1.29 is 4.79 Å². The van der Waals surface area contributed by atoms with Crippen molar-refractivity contribution in [3.05, 3.63) is 30.5 Å². The molecule has 2 saturated heterocycles. The Balaban J connectivity index is 1.19. The number of amides is 1. The molecule has 0 aromatic carbocycles. The van der Waals surface area contributed by atoms with Crippen LogP contribution in [0, 0.1) is 17.3 Å². The predicted octanol–water partition coefficient (Wildman–Crippen LogP) is 3.52. The molecule has 0 bridgehead atoms. The molecule has 29 heavy (non-hydrogen) atoms. The summed E-state index contributed by atoms with van der Waals surface area (Å²) in [6.45, 7) is 12.5. The van der Waals surface area contributed by atoms with Crippen LogP contribution in [0.25, 0.3) is 6.08 Å². The molecule has 3 aliphatic rings. The van der Waals surface area contributed by atoms with Gasteiger partial charge >= 0.3 is 0 Å². The number of hydrogen-bond acceptors (Lipinski definition) is 4. The number of carbonyl (C=O) groups excluding carboxylic acids is 1. The lowest BCUT2D eigenvalue weighted by Gasteiger charge is -2.35. The average Bonchev–Trinajstić information content (AvgIpc) is 3.35. The molecule has 0 radical (unpaired) electrons. The number of aromatic nitrogens is 1. The Labute approximate surface area is 175 Å². The van der Waals surface area contributed by atoms with E-state index in [4.69, 9.17) is 0 Å². The summed E-state index contributed by atoms with van der Waals surface area (Å²) in [4.78, 5) is 24.2. The second-order valence-corrected chi connectivity index (χ2v) is 9.74. The van der Waals surface area contributed by atoms with Crippen LogP contribution in [0.5, 0.6) is 0 Å². The molecule has 1 unspecified atom stereocenters. The molecule has 5 nitrogen and oxygen atoms in total. The molecular weight excluding hydrogens is 360 g/mol. The standard InChI is InChI=1S/C24H36N4O/c1-4-19-5-6-22(25-15-19)26(3)16-21-7-12-27(18-21)17-20-8-13-28(14-9-20)23(29)24(2)10-11-24/h4-6,15,20-21H,1,7-14,16-18H2,2-3H3. The fraction of sp³-hybridized carbons (Fsp3) is 0.667. The van der Waals surface area contributed by atoms with Crippen LogP contribution < -0.4 is 4.90 Å². The molecule has 2 aliphatic heterocycles. The van der Waals surface area contributed by atoms with E-state index in [1.54, 1.807) is 0 Å². The Kier molecular flexibility index (Phi) is 5.95. The number of rotatable bonds is 7. The fourth-order valence-corrected chi connectivity index (χ4v) is 4.92. The molecule has 1 aromatic rings. The Bertz CT molecular complexity index is 719. The topological polar surface area (TPSA) is 39.7 Å². The van der Waals surface area contributed by atoms with Crippen molar-refractivity contribution in [3.63, 3.8) is 0 Å². The summed E-state index contributed by atoms with van der Waals surface area (Å²) in [6, 6.07) is 4.16. The number of anilines is 1. The zero-order chi connectivity index (χ0) is 20.4. The van der Waals surface area contributed by atoms with Gasteiger partial charge in [0, 0.05) is 51.4 Å². The summed E-state index contributed by atoms with van der Waals surface area (Å²) in [5, 5.41) is 0. The van der Waals surface area contributed by atoms with Crippen molar-refractivity contribution in [2.45, 2.75) is 39.0 Å². The minimum atomic E-state index is -0.0120. The van der Waals surface area contributed by atoms with Gasteiger partial charge in [0.05, 0.1) is 0 Å². The Hall–Kier alpha value is -1.88. The summed E-state index contributed by atoms with van der Waals surface area (Å²) in [5.74, 6) is 2.90. The van der Waals surface area contributed by atoms with Crippen LogP contribution in [-0.4, -0.2) is 67.0 Å². The smallest absolute Gasteiger partial charge is 0.228 e. The van der Waals surface area contributed by atoms with Crippen molar-refractivity contribution in [2.24, 2.45) is 17.3 Å². The summed E-state index contributed by atoms with van der Waals surface area (Å²) in [6.07, 6.45) is 9.50. The quantitative estimate of drug-likeness (QED) is 0.707. The lowest BCUT2D eigenvalue weighted by atomic mass is 9.95. The molecule has 0 N–H and O–H groups in total. The summed E-state index contributed by atoms with van der Waals surface area (Å²) >= 11 is 0. The van der Waals surface area contributed by atoms with Gasteiger partial charge in [0.25, 0.3) is 0 Å². The third-order valence-corrected chi connectivity index (χ3v) is 7.23. The number of nitrogens with zero attached hydrogens (tertiary/aromatic N) is 4. The number of likely N-dealkylation sites (tertiary alicyclic amines) is 2. The normalized spacial score (nSPS) is 24.5. The van der Waals surface area contributed by atoms with E-state index in [1.165, 1.54) is 38.9 Å². The molecule has 1 amide bonds. The first-order valence-electron chi connectivity index (χ1n) is 11.3. The van der Waals surface area contributed by atoms with Gasteiger partial charge < -0.3 is 14.7 Å². The predicted molar refractivity (Wildman–Crippen MR) is 119 cm³/mol. The van der Waals surface area contributed by atoms with E-state index < -0.39 is 0 Å². The van der Waals surface area contributed by atoms with Gasteiger partial charge in [0.1, 0.15) is 5.82 Å². The maximum Gasteiger partial charge on any atom is 0.228 e. The number of hydrogen-bond donors (Lipinski definition) is 0. The maximum atomic E-state index is 12.5. The third kappa shape index (κ3) is 4.82. The van der Waals surface area contributed by atoms with Crippen molar-refractivity contribution in [2.75, 3.05) is 51.2 Å². The average molecular weight is 397 g/mol. The molecule has 1 atom stereocenters. The molecule has 3 heterocycles. The molecule has 3 fully saturated rings. The highest BCUT2D eigenvalue weighted by atomic mass is 16.2. The first-order valence-corrected chi connectivity index (χ1v) is 11.3. The molecule has 158 valence electrons. The van der Waals surface area contributed by atoms with Gasteiger partial charge in [-0.3, -0.25) is 4.79 Å². The monoisotopic (exact) mass is 396 g/mol. The SMILES string of the molecule is C=Cc1ccc(N(C)CC2CCN(CC3CCN(C(=O)C4(C)CC4)CC3)C2)nc1. The van der Waals surface area contributed by atoms with Crippen LogP contribution >= 0.6 is 0 Å². The lowest BCUT2D eigenvalue weighted by Crippen LogP contribution is -2.44. The zero-order valence-electron chi connectivity index (χ0n) is 18.1. The minimum Gasteiger partial charge on any atom is -0.359 e. The first kappa shape index (κ1) is 20.4. The molecule has 0 spiro atoms. The fourth-order valence-electron chi connectivity index (χ4n) is 4.92. The van der Waals surface area contributed by atoms with Gasteiger partial charge in [-0.25, -0.2) is 4.98 Å². The van der Waals surface area contributed by atoms with Crippen LogP contribution in [0.2, 0.25) is 0 Å². The second kappa shape index (κ2) is 8.47. The highest BCUT2D eigenvalue weighted by molar-refractivity contribution is 5.84. The van der Waals surface area contributed by atoms with E-state index in [2.05, 4.69) is 52.4 Å². The second-order valence-electron chi connectivity index (χ2n) is 9.74. The molecular formula is C24H36N4O. The zero-order valence-corrected chi connectivity index (χ0v) is 18.1. The van der Waals surface area contributed by atoms with E-state index >= 15 is 0 Å². The van der Waals surface area contributed by atoms with Crippen molar-refractivity contribution in [3.8, 4) is 0 Å². The van der Waals surface area contributed by atoms with Gasteiger partial charge in [-0.1, -0.05) is 19.6 Å². The maximum absolute atomic E-state index is 12.5. The summed E-state index contributed by atoms with van der Waals surface area (Å²) in [5.41, 5.74) is 1.05. The number of pyridine rings is 1. The van der Waals surface area contributed by atoms with Crippen molar-refractivity contribution in [1.29, 1.82) is 0 Å². The lowest BCUT2D eigenvalue weighted by molar-refractivity contribution is -0.137. The van der Waals surface area contributed by atoms with Crippen molar-refractivity contribution >= 4 is 17.8 Å². The van der Waals surface area contributed by atoms with E-state index in [-0.39, 0.29) is 5.41 Å². The first-order chi connectivity index (χ1) is 14.0. The highest BCUT2D eigenvalue weighted by Gasteiger charge is 2.47. The number of carbonyl (C=O) groups is 1. The van der Waals surface area contributed by atoms with E-state index in [1.807, 2.05) is 12.3 Å². The van der Waals surface area contributed by atoms with Crippen molar-refractivity contribution in [1.82, 2.24) is 14.8 Å². The van der Waals surface area contributed by atoms with Gasteiger partial charge in [-0.05, 0) is 68.2 Å². The third-order valence-electron chi connectivity index (χ3n) is 7.23. The minimum absolute atomic E-state index is 0.0120. The summed E-state index contributed by atoms with van der Waals surface area (Å²) < 4.78 is 0. The van der Waals surface area contributed by atoms with Crippen LogP contribution in [0.15, 0.2) is 24.9 Å². The Morgan fingerprint density at radius 2 is 1.97 bits per heavy atom. The van der Waals surface area contributed by atoms with E-state index in [0.29, 0.717) is 11.8 Å². The van der Waals surface area contributed by atoms with Crippen LogP contribution in [0.3, 0.4) is 0 Å². The highest BCUT2D eigenvalue weighted by Crippen LogP contribution is 2.47. The van der Waals surface area contributed by atoms with E-state index in [0.717, 1.165) is 49.8 Å². The number of piperidine rings is 1.